The molecule has 1 N–H and O–H groups in total. The average molecular weight is 407 g/mol. The average Bonchev–Trinajstić information content (AvgIpc) is 3.11. The van der Waals surface area contributed by atoms with Crippen LogP contribution in [0.25, 0.3) is 11.3 Å². The minimum absolute atomic E-state index is 0.0460. The Kier molecular flexibility index (Phi) is 5.31. The standard InChI is InChI=1S/C22H22N4O2S/c1-4-15(3)25-26-19(13-29-22(26)23-17-8-5-14(2)6-9-17)16-7-10-20-18(11-16)24-21(27)12-28-20/h5-11,13H,4,12H2,1-3H3,(H,24,27)/b23-22?,25-15-. The van der Waals surface area contributed by atoms with E-state index in [-0.39, 0.29) is 12.5 Å². The molecule has 6 nitrogen and oxygen atoms in total. The summed E-state index contributed by atoms with van der Waals surface area (Å²) in [7, 11) is 0. The maximum atomic E-state index is 11.7. The number of anilines is 1. The fraction of sp³-hybridized carbons (Fsp3) is 0.227. The van der Waals surface area contributed by atoms with Crippen molar-refractivity contribution in [3.8, 4) is 17.0 Å². The van der Waals surface area contributed by atoms with Crippen molar-refractivity contribution in [3.05, 3.63) is 58.2 Å². The molecule has 2 aromatic carbocycles. The van der Waals surface area contributed by atoms with Gasteiger partial charge in [0, 0.05) is 16.7 Å². The molecule has 0 saturated carbocycles. The Morgan fingerprint density at radius 3 is 2.79 bits per heavy atom. The van der Waals surface area contributed by atoms with Crippen molar-refractivity contribution in [1.82, 2.24) is 4.68 Å². The summed E-state index contributed by atoms with van der Waals surface area (Å²) in [6, 6.07) is 13.9. The van der Waals surface area contributed by atoms with Crippen LogP contribution in [0.15, 0.2) is 57.9 Å². The van der Waals surface area contributed by atoms with Crippen molar-refractivity contribution in [2.45, 2.75) is 27.2 Å². The molecule has 2 heterocycles. The topological polar surface area (TPSA) is 68.0 Å². The van der Waals surface area contributed by atoms with E-state index in [1.54, 1.807) is 0 Å². The van der Waals surface area contributed by atoms with Crippen molar-refractivity contribution in [2.75, 3.05) is 11.9 Å². The van der Waals surface area contributed by atoms with Gasteiger partial charge in [-0.1, -0.05) is 24.6 Å². The van der Waals surface area contributed by atoms with Crippen LogP contribution in [0.2, 0.25) is 0 Å². The Bertz CT molecular complexity index is 1160. The molecule has 1 aliphatic heterocycles. The zero-order valence-electron chi connectivity index (χ0n) is 16.6. The quantitative estimate of drug-likeness (QED) is 0.637. The molecule has 1 aliphatic rings. The normalized spacial score (nSPS) is 14.4. The number of nitrogens with one attached hydrogen (secondary N) is 1. The van der Waals surface area contributed by atoms with Gasteiger partial charge in [0.1, 0.15) is 5.75 Å². The van der Waals surface area contributed by atoms with Gasteiger partial charge in [0.2, 0.25) is 4.80 Å². The highest BCUT2D eigenvalue weighted by atomic mass is 32.1. The lowest BCUT2D eigenvalue weighted by molar-refractivity contribution is -0.118. The number of ether oxygens (including phenoxy) is 1. The molecule has 0 saturated heterocycles. The number of nitrogens with zero attached hydrogens (tertiary/aromatic N) is 3. The van der Waals surface area contributed by atoms with Gasteiger partial charge in [0.25, 0.3) is 5.91 Å². The minimum atomic E-state index is -0.150. The van der Waals surface area contributed by atoms with Crippen LogP contribution in [0.4, 0.5) is 11.4 Å². The van der Waals surface area contributed by atoms with E-state index in [1.807, 2.05) is 59.4 Å². The second kappa shape index (κ2) is 8.05. The number of fused-ring (bicyclic) bond motifs is 1. The molecular weight excluding hydrogens is 384 g/mol. The smallest absolute Gasteiger partial charge is 0.262 e. The van der Waals surface area contributed by atoms with Gasteiger partial charge in [0.05, 0.1) is 17.1 Å². The number of aromatic nitrogens is 1. The third-order valence-electron chi connectivity index (χ3n) is 4.63. The van der Waals surface area contributed by atoms with Gasteiger partial charge in [0.15, 0.2) is 6.61 Å². The molecule has 7 heteroatoms. The molecule has 0 atom stereocenters. The summed E-state index contributed by atoms with van der Waals surface area (Å²) in [4.78, 5) is 17.3. The van der Waals surface area contributed by atoms with Crippen LogP contribution < -0.4 is 14.9 Å². The molecule has 3 aromatic rings. The Morgan fingerprint density at radius 1 is 1.24 bits per heavy atom. The van der Waals surface area contributed by atoms with Crippen LogP contribution in [0.5, 0.6) is 5.75 Å². The number of hydrogen-bond donors (Lipinski definition) is 1. The number of carbonyl (C=O) groups excluding carboxylic acids is 1. The third-order valence-corrected chi connectivity index (χ3v) is 5.45. The monoisotopic (exact) mass is 406 g/mol. The highest BCUT2D eigenvalue weighted by molar-refractivity contribution is 7.07. The molecule has 0 radical (unpaired) electrons. The van der Waals surface area contributed by atoms with Gasteiger partial charge in [-0.05, 0) is 50.6 Å². The lowest BCUT2D eigenvalue weighted by atomic mass is 10.1. The highest BCUT2D eigenvalue weighted by Gasteiger charge is 2.18. The summed E-state index contributed by atoms with van der Waals surface area (Å²) in [5, 5.41) is 9.68. The number of thiazole rings is 1. The van der Waals surface area contributed by atoms with E-state index in [0.717, 1.165) is 33.9 Å². The number of benzene rings is 2. The summed E-state index contributed by atoms with van der Waals surface area (Å²) < 4.78 is 7.34. The first-order valence-corrected chi connectivity index (χ1v) is 10.3. The highest BCUT2D eigenvalue weighted by Crippen LogP contribution is 2.33. The van der Waals surface area contributed by atoms with Crippen LogP contribution in [0.3, 0.4) is 0 Å². The van der Waals surface area contributed by atoms with Crippen LogP contribution >= 0.6 is 11.3 Å². The molecule has 0 fully saturated rings. The van der Waals surface area contributed by atoms with E-state index in [4.69, 9.17) is 14.8 Å². The molecule has 148 valence electrons. The van der Waals surface area contributed by atoms with Gasteiger partial charge in [-0.25, -0.2) is 9.67 Å². The molecule has 0 bridgehead atoms. The van der Waals surface area contributed by atoms with Gasteiger partial charge < -0.3 is 10.1 Å². The zero-order chi connectivity index (χ0) is 20.4. The van der Waals surface area contributed by atoms with Crippen molar-refractivity contribution in [2.24, 2.45) is 10.1 Å². The SMILES string of the molecule is CC/C(C)=N\n1c(-c2ccc3c(c2)NC(=O)CO3)csc1=Nc1ccc(C)cc1. The van der Waals surface area contributed by atoms with Gasteiger partial charge in [-0.15, -0.1) is 11.3 Å². The zero-order valence-corrected chi connectivity index (χ0v) is 17.4. The number of rotatable bonds is 4. The van der Waals surface area contributed by atoms with Crippen molar-refractivity contribution >= 4 is 34.3 Å². The van der Waals surface area contributed by atoms with Crippen molar-refractivity contribution in [3.63, 3.8) is 0 Å². The van der Waals surface area contributed by atoms with Crippen LogP contribution in [0, 0.1) is 6.92 Å². The Hall–Kier alpha value is -3.19. The fourth-order valence-corrected chi connectivity index (χ4v) is 3.74. The van der Waals surface area contributed by atoms with Crippen molar-refractivity contribution < 1.29 is 9.53 Å². The molecule has 1 amide bonds. The molecule has 29 heavy (non-hydrogen) atoms. The van der Waals surface area contributed by atoms with E-state index in [1.165, 1.54) is 16.9 Å². The summed E-state index contributed by atoms with van der Waals surface area (Å²) in [6.07, 6.45) is 0.848. The third kappa shape index (κ3) is 4.14. The van der Waals surface area contributed by atoms with E-state index in [0.29, 0.717) is 11.4 Å². The van der Waals surface area contributed by atoms with E-state index < -0.39 is 0 Å². The van der Waals surface area contributed by atoms with Crippen molar-refractivity contribution in [1.29, 1.82) is 0 Å². The lowest BCUT2D eigenvalue weighted by Gasteiger charge is -2.18. The number of amides is 1. The van der Waals surface area contributed by atoms with E-state index in [9.17, 15) is 4.79 Å². The molecule has 4 rings (SSSR count). The minimum Gasteiger partial charge on any atom is -0.482 e. The predicted molar refractivity (Wildman–Crippen MR) is 117 cm³/mol. The van der Waals surface area contributed by atoms with Gasteiger partial charge in [-0.2, -0.15) is 5.10 Å². The van der Waals surface area contributed by atoms with E-state index in [2.05, 4.69) is 19.2 Å². The molecular formula is C22H22N4O2S. The maximum absolute atomic E-state index is 11.7. The largest absolute Gasteiger partial charge is 0.482 e. The summed E-state index contributed by atoms with van der Waals surface area (Å²) in [5.74, 6) is 0.524. The Balaban J connectivity index is 1.84. The second-order valence-electron chi connectivity index (χ2n) is 6.90. The lowest BCUT2D eigenvalue weighted by Crippen LogP contribution is -2.25. The number of carbonyl (C=O) groups is 1. The Labute approximate surface area is 173 Å². The van der Waals surface area contributed by atoms with Crippen LogP contribution in [-0.4, -0.2) is 22.9 Å². The molecule has 0 unspecified atom stereocenters. The fourth-order valence-electron chi connectivity index (χ4n) is 2.89. The van der Waals surface area contributed by atoms with Crippen LogP contribution in [-0.2, 0) is 4.79 Å². The maximum Gasteiger partial charge on any atom is 0.262 e. The Morgan fingerprint density at radius 2 is 2.03 bits per heavy atom. The first-order chi connectivity index (χ1) is 14.0. The first kappa shape index (κ1) is 19.1. The van der Waals surface area contributed by atoms with Gasteiger partial charge >= 0.3 is 0 Å². The van der Waals surface area contributed by atoms with Gasteiger partial charge in [-0.3, -0.25) is 4.79 Å². The van der Waals surface area contributed by atoms with Crippen LogP contribution in [0.1, 0.15) is 25.8 Å². The summed E-state index contributed by atoms with van der Waals surface area (Å²) >= 11 is 1.53. The number of aryl methyl sites for hydroxylation is 1. The second-order valence-corrected chi connectivity index (χ2v) is 7.74. The summed E-state index contributed by atoms with van der Waals surface area (Å²) in [6.45, 7) is 6.18. The predicted octanol–water partition coefficient (Wildman–Crippen LogP) is 4.72. The summed E-state index contributed by atoms with van der Waals surface area (Å²) in [5.41, 5.74) is 5.60. The van der Waals surface area contributed by atoms with E-state index >= 15 is 0 Å². The number of hydrogen-bond acceptors (Lipinski definition) is 5. The first-order valence-electron chi connectivity index (χ1n) is 9.47. The molecule has 1 aromatic heterocycles. The molecule has 0 spiro atoms. The molecule has 0 aliphatic carbocycles.